The largest absolute Gasteiger partial charge is 0.311 e. The maximum Gasteiger partial charge on any atom is 0.228 e. The minimum atomic E-state index is -3.02. The zero-order valence-electron chi connectivity index (χ0n) is 9.96. The van der Waals surface area contributed by atoms with Crippen molar-refractivity contribution in [2.75, 3.05) is 23.4 Å². The summed E-state index contributed by atoms with van der Waals surface area (Å²) in [6, 6.07) is -0.336. The van der Waals surface area contributed by atoms with E-state index in [1.54, 1.807) is 7.05 Å². The standard InChI is InChI=1S/C9H15N5O3S/c1-14-9(11-6-12-14)13-8(15)4-7-5-18(16,17)3-2-10-7/h6-7,10H,2-5H2,1H3,(H,11,12,13,15). The number of nitrogens with one attached hydrogen (secondary N) is 2. The molecule has 100 valence electrons. The highest BCUT2D eigenvalue weighted by Gasteiger charge is 2.26. The highest BCUT2D eigenvalue weighted by molar-refractivity contribution is 7.91. The molecule has 0 spiro atoms. The van der Waals surface area contributed by atoms with Crippen molar-refractivity contribution >= 4 is 21.7 Å². The van der Waals surface area contributed by atoms with Crippen LogP contribution in [0, 0.1) is 0 Å². The van der Waals surface area contributed by atoms with Crippen LogP contribution in [-0.2, 0) is 21.7 Å². The predicted molar refractivity (Wildman–Crippen MR) is 64.7 cm³/mol. The summed E-state index contributed by atoms with van der Waals surface area (Å²) in [6.45, 7) is 0.393. The van der Waals surface area contributed by atoms with Gasteiger partial charge in [0.15, 0.2) is 9.84 Å². The lowest BCUT2D eigenvalue weighted by Gasteiger charge is -2.22. The van der Waals surface area contributed by atoms with Gasteiger partial charge in [0.05, 0.1) is 11.5 Å². The van der Waals surface area contributed by atoms with Gasteiger partial charge in [-0.1, -0.05) is 0 Å². The molecule has 1 unspecified atom stereocenters. The Morgan fingerprint density at radius 3 is 3.06 bits per heavy atom. The zero-order chi connectivity index (χ0) is 13.2. The van der Waals surface area contributed by atoms with Crippen molar-refractivity contribution in [1.82, 2.24) is 20.1 Å². The second-order valence-electron chi connectivity index (χ2n) is 4.22. The summed E-state index contributed by atoms with van der Waals surface area (Å²) in [7, 11) is -1.36. The van der Waals surface area contributed by atoms with Crippen LogP contribution in [-0.4, -0.2) is 53.2 Å². The number of hydrogen-bond acceptors (Lipinski definition) is 6. The normalized spacial score (nSPS) is 22.6. The Labute approximate surface area is 105 Å². The number of amides is 1. The van der Waals surface area contributed by atoms with Crippen molar-refractivity contribution in [2.45, 2.75) is 12.5 Å². The number of aromatic nitrogens is 3. The van der Waals surface area contributed by atoms with E-state index < -0.39 is 9.84 Å². The van der Waals surface area contributed by atoms with Crippen LogP contribution >= 0.6 is 0 Å². The smallest absolute Gasteiger partial charge is 0.228 e. The van der Waals surface area contributed by atoms with Gasteiger partial charge in [0.2, 0.25) is 11.9 Å². The Bertz CT molecular complexity index is 538. The highest BCUT2D eigenvalue weighted by atomic mass is 32.2. The van der Waals surface area contributed by atoms with Crippen molar-refractivity contribution in [1.29, 1.82) is 0 Å². The molecule has 0 aromatic carbocycles. The highest BCUT2D eigenvalue weighted by Crippen LogP contribution is 2.07. The third kappa shape index (κ3) is 3.26. The first-order valence-corrected chi connectivity index (χ1v) is 7.36. The molecule has 1 aliphatic rings. The van der Waals surface area contributed by atoms with Gasteiger partial charge in [-0.2, -0.15) is 10.1 Å². The Hall–Kier alpha value is -1.48. The van der Waals surface area contributed by atoms with Gasteiger partial charge in [0.25, 0.3) is 0 Å². The summed E-state index contributed by atoms with van der Waals surface area (Å²) in [4.78, 5) is 15.6. The van der Waals surface area contributed by atoms with E-state index in [1.165, 1.54) is 11.0 Å². The van der Waals surface area contributed by atoms with Crippen LogP contribution in [0.3, 0.4) is 0 Å². The number of carbonyl (C=O) groups excluding carboxylic acids is 1. The molecule has 1 amide bonds. The van der Waals surface area contributed by atoms with Gasteiger partial charge in [0, 0.05) is 26.1 Å². The summed E-state index contributed by atoms with van der Waals surface area (Å²) in [6.07, 6.45) is 1.44. The van der Waals surface area contributed by atoms with Gasteiger partial charge >= 0.3 is 0 Å². The van der Waals surface area contributed by atoms with Gasteiger partial charge in [-0.25, -0.2) is 13.1 Å². The average molecular weight is 273 g/mol. The van der Waals surface area contributed by atoms with Gasteiger partial charge in [0.1, 0.15) is 6.33 Å². The molecule has 0 saturated carbocycles. The number of anilines is 1. The number of nitrogens with zero attached hydrogens (tertiary/aromatic N) is 3. The van der Waals surface area contributed by atoms with Crippen LogP contribution < -0.4 is 10.6 Å². The van der Waals surface area contributed by atoms with Crippen LogP contribution in [0.15, 0.2) is 6.33 Å². The lowest BCUT2D eigenvalue weighted by atomic mass is 10.2. The number of rotatable bonds is 3. The summed E-state index contributed by atoms with van der Waals surface area (Å²) < 4.78 is 24.3. The molecule has 8 nitrogen and oxygen atoms in total. The molecule has 0 aliphatic carbocycles. The molecule has 1 aromatic rings. The quantitative estimate of drug-likeness (QED) is 0.696. The van der Waals surface area contributed by atoms with E-state index in [4.69, 9.17) is 0 Å². The van der Waals surface area contributed by atoms with Crippen molar-refractivity contribution in [3.63, 3.8) is 0 Å². The van der Waals surface area contributed by atoms with E-state index in [0.717, 1.165) is 0 Å². The first kappa shape index (κ1) is 13.0. The van der Waals surface area contributed by atoms with E-state index in [9.17, 15) is 13.2 Å². The van der Waals surface area contributed by atoms with E-state index in [-0.39, 0.29) is 29.9 Å². The van der Waals surface area contributed by atoms with E-state index in [2.05, 4.69) is 20.7 Å². The van der Waals surface area contributed by atoms with Crippen LogP contribution in [0.4, 0.5) is 5.95 Å². The predicted octanol–water partition coefficient (Wildman–Crippen LogP) is -1.47. The number of sulfone groups is 1. The van der Waals surface area contributed by atoms with Gasteiger partial charge in [-0.3, -0.25) is 10.1 Å². The number of carbonyl (C=O) groups is 1. The molecular formula is C9H15N5O3S. The molecule has 9 heteroatoms. The third-order valence-electron chi connectivity index (χ3n) is 2.70. The molecule has 2 heterocycles. The lowest BCUT2D eigenvalue weighted by molar-refractivity contribution is -0.116. The Morgan fingerprint density at radius 1 is 1.67 bits per heavy atom. The molecule has 1 aliphatic heterocycles. The molecule has 0 bridgehead atoms. The van der Waals surface area contributed by atoms with Crippen molar-refractivity contribution in [2.24, 2.45) is 7.05 Å². The van der Waals surface area contributed by atoms with E-state index >= 15 is 0 Å². The Morgan fingerprint density at radius 2 is 2.44 bits per heavy atom. The fourth-order valence-corrected chi connectivity index (χ4v) is 3.25. The van der Waals surface area contributed by atoms with Gasteiger partial charge in [-0.15, -0.1) is 0 Å². The molecule has 2 rings (SSSR count). The first-order chi connectivity index (χ1) is 8.46. The molecule has 1 aromatic heterocycles. The maximum absolute atomic E-state index is 11.7. The number of hydrogen-bond donors (Lipinski definition) is 2. The number of aryl methyl sites for hydroxylation is 1. The monoisotopic (exact) mass is 273 g/mol. The summed E-state index contributed by atoms with van der Waals surface area (Å²) in [5, 5.41) is 9.42. The molecule has 2 N–H and O–H groups in total. The first-order valence-electron chi connectivity index (χ1n) is 5.54. The SMILES string of the molecule is Cn1ncnc1NC(=O)CC1CS(=O)(=O)CCN1. The second-order valence-corrected chi connectivity index (χ2v) is 6.45. The topological polar surface area (TPSA) is 106 Å². The van der Waals surface area contributed by atoms with Crippen LogP contribution in [0.1, 0.15) is 6.42 Å². The molecule has 1 fully saturated rings. The average Bonchev–Trinajstić information content (AvgIpc) is 2.62. The minimum absolute atomic E-state index is 0.000758. The summed E-state index contributed by atoms with van der Waals surface area (Å²) in [5.41, 5.74) is 0. The molecular weight excluding hydrogens is 258 g/mol. The second kappa shape index (κ2) is 5.02. The maximum atomic E-state index is 11.7. The molecule has 1 atom stereocenters. The molecule has 0 radical (unpaired) electrons. The summed E-state index contributed by atoms with van der Waals surface area (Å²) in [5.74, 6) is 0.201. The zero-order valence-corrected chi connectivity index (χ0v) is 10.8. The lowest BCUT2D eigenvalue weighted by Crippen LogP contribution is -2.46. The van der Waals surface area contributed by atoms with Crippen molar-refractivity contribution in [3.8, 4) is 0 Å². The van der Waals surface area contributed by atoms with Crippen LogP contribution in [0.25, 0.3) is 0 Å². The minimum Gasteiger partial charge on any atom is -0.311 e. The Kier molecular flexibility index (Phi) is 3.62. The van der Waals surface area contributed by atoms with Gasteiger partial charge in [-0.05, 0) is 0 Å². The van der Waals surface area contributed by atoms with E-state index in [1.807, 2.05) is 0 Å². The Balaban J connectivity index is 1.90. The van der Waals surface area contributed by atoms with Crippen LogP contribution in [0.5, 0.6) is 0 Å². The van der Waals surface area contributed by atoms with Crippen molar-refractivity contribution < 1.29 is 13.2 Å². The van der Waals surface area contributed by atoms with E-state index in [0.29, 0.717) is 12.5 Å². The van der Waals surface area contributed by atoms with Gasteiger partial charge < -0.3 is 5.32 Å². The third-order valence-corrected chi connectivity index (χ3v) is 4.43. The van der Waals surface area contributed by atoms with Crippen LogP contribution in [0.2, 0.25) is 0 Å². The van der Waals surface area contributed by atoms with Crippen molar-refractivity contribution in [3.05, 3.63) is 6.33 Å². The molecule has 1 saturated heterocycles. The fourth-order valence-electron chi connectivity index (χ4n) is 1.81. The fraction of sp³-hybridized carbons (Fsp3) is 0.667. The summed E-state index contributed by atoms with van der Waals surface area (Å²) >= 11 is 0. The molecule has 18 heavy (non-hydrogen) atoms.